The molecule has 0 aromatic carbocycles. The molecule has 4 nitrogen and oxygen atoms in total. The lowest BCUT2D eigenvalue weighted by Crippen LogP contribution is -2.32. The highest BCUT2D eigenvalue weighted by molar-refractivity contribution is 6.29. The SMILES string of the molecule is CC(C)N1CCC(CNC(=O)c2ccc(Cl)o2)C1. The lowest BCUT2D eigenvalue weighted by atomic mass is 10.1. The molecule has 1 fully saturated rings. The minimum atomic E-state index is -0.190. The maximum absolute atomic E-state index is 11.8. The monoisotopic (exact) mass is 270 g/mol. The Morgan fingerprint density at radius 1 is 1.61 bits per heavy atom. The largest absolute Gasteiger partial charge is 0.440 e. The Morgan fingerprint density at radius 3 is 2.94 bits per heavy atom. The van der Waals surface area contributed by atoms with Crippen molar-refractivity contribution in [2.24, 2.45) is 5.92 Å². The maximum Gasteiger partial charge on any atom is 0.287 e. The minimum Gasteiger partial charge on any atom is -0.440 e. The van der Waals surface area contributed by atoms with Gasteiger partial charge < -0.3 is 14.6 Å². The van der Waals surface area contributed by atoms with Crippen LogP contribution in [0.15, 0.2) is 16.5 Å². The number of furan rings is 1. The van der Waals surface area contributed by atoms with Crippen LogP contribution >= 0.6 is 11.6 Å². The molecule has 1 aliphatic heterocycles. The van der Waals surface area contributed by atoms with E-state index in [1.807, 2.05) is 0 Å². The molecule has 100 valence electrons. The van der Waals surface area contributed by atoms with Crippen molar-refractivity contribution >= 4 is 17.5 Å². The molecule has 1 unspecified atom stereocenters. The van der Waals surface area contributed by atoms with Crippen molar-refractivity contribution in [3.63, 3.8) is 0 Å². The van der Waals surface area contributed by atoms with E-state index in [4.69, 9.17) is 16.0 Å². The summed E-state index contributed by atoms with van der Waals surface area (Å²) in [7, 11) is 0. The number of hydrogen-bond acceptors (Lipinski definition) is 3. The van der Waals surface area contributed by atoms with Crippen molar-refractivity contribution in [2.75, 3.05) is 19.6 Å². The third-order valence-electron chi connectivity index (χ3n) is 3.40. The van der Waals surface area contributed by atoms with Crippen molar-refractivity contribution in [1.29, 1.82) is 0 Å². The first kappa shape index (κ1) is 13.4. The number of nitrogens with one attached hydrogen (secondary N) is 1. The number of carbonyl (C=O) groups is 1. The van der Waals surface area contributed by atoms with Gasteiger partial charge in [-0.25, -0.2) is 0 Å². The summed E-state index contributed by atoms with van der Waals surface area (Å²) in [6.07, 6.45) is 1.14. The van der Waals surface area contributed by atoms with E-state index in [0.29, 0.717) is 18.5 Å². The van der Waals surface area contributed by atoms with Gasteiger partial charge in [-0.15, -0.1) is 0 Å². The second kappa shape index (κ2) is 5.76. The number of carbonyl (C=O) groups excluding carboxylic acids is 1. The van der Waals surface area contributed by atoms with Crippen molar-refractivity contribution in [1.82, 2.24) is 10.2 Å². The first-order chi connectivity index (χ1) is 8.56. The lowest BCUT2D eigenvalue weighted by molar-refractivity contribution is 0.0919. The zero-order chi connectivity index (χ0) is 13.1. The summed E-state index contributed by atoms with van der Waals surface area (Å²) in [5.41, 5.74) is 0. The average Bonchev–Trinajstić information content (AvgIpc) is 2.94. The third-order valence-corrected chi connectivity index (χ3v) is 3.60. The van der Waals surface area contributed by atoms with E-state index in [1.165, 1.54) is 0 Å². The standard InChI is InChI=1S/C13H19ClN2O2/c1-9(2)16-6-5-10(8-16)7-15-13(17)11-3-4-12(14)18-11/h3-4,9-10H,5-8H2,1-2H3,(H,15,17). The summed E-state index contributed by atoms with van der Waals surface area (Å²) in [6, 6.07) is 3.74. The molecule has 2 heterocycles. The summed E-state index contributed by atoms with van der Waals surface area (Å²) in [6.45, 7) is 7.26. The Hall–Kier alpha value is -1.00. The average molecular weight is 271 g/mol. The smallest absolute Gasteiger partial charge is 0.287 e. The van der Waals surface area contributed by atoms with E-state index < -0.39 is 0 Å². The fourth-order valence-corrected chi connectivity index (χ4v) is 2.40. The van der Waals surface area contributed by atoms with E-state index in [2.05, 4.69) is 24.1 Å². The van der Waals surface area contributed by atoms with Gasteiger partial charge in [0.2, 0.25) is 0 Å². The molecule has 1 amide bonds. The van der Waals surface area contributed by atoms with Gasteiger partial charge in [-0.3, -0.25) is 4.79 Å². The molecule has 1 aromatic heterocycles. The van der Waals surface area contributed by atoms with Gasteiger partial charge in [-0.05, 0) is 56.5 Å². The summed E-state index contributed by atoms with van der Waals surface area (Å²) in [5.74, 6) is 0.616. The summed E-state index contributed by atoms with van der Waals surface area (Å²) in [4.78, 5) is 14.2. The zero-order valence-corrected chi connectivity index (χ0v) is 11.5. The van der Waals surface area contributed by atoms with Crippen LogP contribution in [0, 0.1) is 5.92 Å². The predicted molar refractivity (Wildman–Crippen MR) is 70.9 cm³/mol. The molecule has 1 atom stereocenters. The molecule has 0 aliphatic carbocycles. The lowest BCUT2D eigenvalue weighted by Gasteiger charge is -2.20. The van der Waals surface area contributed by atoms with E-state index in [0.717, 1.165) is 19.5 Å². The summed E-state index contributed by atoms with van der Waals surface area (Å²) >= 11 is 5.63. The van der Waals surface area contributed by atoms with Crippen molar-refractivity contribution < 1.29 is 9.21 Å². The number of halogens is 1. The van der Waals surface area contributed by atoms with E-state index in [1.54, 1.807) is 12.1 Å². The molecule has 1 N–H and O–H groups in total. The van der Waals surface area contributed by atoms with Gasteiger partial charge >= 0.3 is 0 Å². The van der Waals surface area contributed by atoms with Gasteiger partial charge in [0.25, 0.3) is 5.91 Å². The molecule has 1 aromatic rings. The Balaban J connectivity index is 1.77. The second-order valence-electron chi connectivity index (χ2n) is 5.06. The van der Waals surface area contributed by atoms with Crippen LogP contribution in [0.2, 0.25) is 5.22 Å². The molecular weight excluding hydrogens is 252 g/mol. The van der Waals surface area contributed by atoms with Gasteiger partial charge in [0.05, 0.1) is 0 Å². The van der Waals surface area contributed by atoms with Gasteiger partial charge in [-0.2, -0.15) is 0 Å². The zero-order valence-electron chi connectivity index (χ0n) is 10.8. The van der Waals surface area contributed by atoms with Gasteiger partial charge in [0.15, 0.2) is 11.0 Å². The molecular formula is C13H19ClN2O2. The van der Waals surface area contributed by atoms with E-state index in [9.17, 15) is 4.79 Å². The quantitative estimate of drug-likeness (QED) is 0.914. The van der Waals surface area contributed by atoms with Gasteiger partial charge in [-0.1, -0.05) is 0 Å². The number of hydrogen-bond donors (Lipinski definition) is 1. The maximum atomic E-state index is 11.8. The second-order valence-corrected chi connectivity index (χ2v) is 5.43. The molecule has 5 heteroatoms. The van der Waals surface area contributed by atoms with E-state index >= 15 is 0 Å². The third kappa shape index (κ3) is 3.27. The highest BCUT2D eigenvalue weighted by Gasteiger charge is 2.24. The molecule has 1 aliphatic rings. The fraction of sp³-hybridized carbons (Fsp3) is 0.615. The van der Waals surface area contributed by atoms with Crippen LogP contribution < -0.4 is 5.32 Å². The van der Waals surface area contributed by atoms with Crippen molar-refractivity contribution in [3.8, 4) is 0 Å². The molecule has 1 saturated heterocycles. The Bertz CT molecular complexity index is 417. The van der Waals surface area contributed by atoms with Crippen LogP contribution in [0.25, 0.3) is 0 Å². The first-order valence-electron chi connectivity index (χ1n) is 6.34. The van der Waals surface area contributed by atoms with Crippen LogP contribution in [0.5, 0.6) is 0 Å². The number of nitrogens with zero attached hydrogens (tertiary/aromatic N) is 1. The van der Waals surface area contributed by atoms with Crippen LogP contribution in [0.3, 0.4) is 0 Å². The number of rotatable bonds is 4. The van der Waals surface area contributed by atoms with Gasteiger partial charge in [0.1, 0.15) is 0 Å². The van der Waals surface area contributed by atoms with Crippen LogP contribution in [0.1, 0.15) is 30.8 Å². The van der Waals surface area contributed by atoms with Crippen LogP contribution in [0.4, 0.5) is 0 Å². The molecule has 0 bridgehead atoms. The number of likely N-dealkylation sites (tertiary alicyclic amines) is 1. The normalized spacial score (nSPS) is 20.6. The molecule has 0 radical (unpaired) electrons. The number of amides is 1. The Labute approximate surface area is 112 Å². The van der Waals surface area contributed by atoms with Crippen LogP contribution in [-0.4, -0.2) is 36.5 Å². The minimum absolute atomic E-state index is 0.190. The molecule has 18 heavy (non-hydrogen) atoms. The van der Waals surface area contributed by atoms with Crippen LogP contribution in [-0.2, 0) is 0 Å². The highest BCUT2D eigenvalue weighted by atomic mass is 35.5. The summed E-state index contributed by atoms with van der Waals surface area (Å²) in [5, 5.41) is 3.14. The summed E-state index contributed by atoms with van der Waals surface area (Å²) < 4.78 is 5.06. The fourth-order valence-electron chi connectivity index (χ4n) is 2.26. The van der Waals surface area contributed by atoms with Crippen molar-refractivity contribution in [2.45, 2.75) is 26.3 Å². The first-order valence-corrected chi connectivity index (χ1v) is 6.71. The van der Waals surface area contributed by atoms with Gasteiger partial charge in [0, 0.05) is 19.1 Å². The molecule has 0 saturated carbocycles. The predicted octanol–water partition coefficient (Wildman–Crippen LogP) is 2.39. The molecule has 2 rings (SSSR count). The topological polar surface area (TPSA) is 45.5 Å². The van der Waals surface area contributed by atoms with E-state index in [-0.39, 0.29) is 16.9 Å². The Kier molecular flexibility index (Phi) is 4.30. The van der Waals surface area contributed by atoms with Crippen molar-refractivity contribution in [3.05, 3.63) is 23.1 Å². The highest BCUT2D eigenvalue weighted by Crippen LogP contribution is 2.18. The Morgan fingerprint density at radius 2 is 2.39 bits per heavy atom. The molecule has 0 spiro atoms.